The summed E-state index contributed by atoms with van der Waals surface area (Å²) in [7, 11) is 0. The Morgan fingerprint density at radius 1 is 1.06 bits per heavy atom. The van der Waals surface area contributed by atoms with Gasteiger partial charge in [0.05, 0.1) is 6.61 Å². The molecule has 1 saturated heterocycles. The Morgan fingerprint density at radius 3 is 2.56 bits per heavy atom. The molecular weight excluding hydrogens is 202 g/mol. The van der Waals surface area contributed by atoms with Crippen molar-refractivity contribution in [2.75, 3.05) is 26.4 Å². The molecule has 94 valence electrons. The maximum atomic E-state index is 9.35. The van der Waals surface area contributed by atoms with E-state index in [0.717, 1.165) is 19.8 Å². The van der Waals surface area contributed by atoms with E-state index in [9.17, 15) is 5.11 Å². The molecule has 3 unspecified atom stereocenters. The van der Waals surface area contributed by atoms with Crippen LogP contribution in [0.25, 0.3) is 0 Å². The van der Waals surface area contributed by atoms with Crippen LogP contribution in [0.4, 0.5) is 0 Å². The lowest BCUT2D eigenvalue weighted by molar-refractivity contribution is 0.0637. The average Bonchev–Trinajstić information content (AvgIpc) is 2.38. The van der Waals surface area contributed by atoms with Gasteiger partial charge in [-0.25, -0.2) is 0 Å². The molecule has 3 atom stereocenters. The second-order valence-electron chi connectivity index (χ2n) is 5.31. The van der Waals surface area contributed by atoms with Gasteiger partial charge in [-0.05, 0) is 44.1 Å². The van der Waals surface area contributed by atoms with E-state index in [1.807, 2.05) is 0 Å². The summed E-state index contributed by atoms with van der Waals surface area (Å²) >= 11 is 0. The van der Waals surface area contributed by atoms with Gasteiger partial charge in [0.25, 0.3) is 0 Å². The second kappa shape index (κ2) is 6.58. The molecule has 0 radical (unpaired) electrons. The molecule has 2 fully saturated rings. The Labute approximate surface area is 98.6 Å². The van der Waals surface area contributed by atoms with Crippen LogP contribution in [-0.4, -0.2) is 37.5 Å². The minimum atomic E-state index is 0.369. The first kappa shape index (κ1) is 12.3. The Balaban J connectivity index is 1.70. The zero-order valence-corrected chi connectivity index (χ0v) is 10.2. The van der Waals surface area contributed by atoms with Crippen LogP contribution in [0.5, 0.6) is 0 Å². The lowest BCUT2D eigenvalue weighted by Gasteiger charge is -2.32. The lowest BCUT2D eigenvalue weighted by Crippen LogP contribution is -2.41. The highest BCUT2D eigenvalue weighted by atomic mass is 16.5. The zero-order valence-electron chi connectivity index (χ0n) is 10.2. The highest BCUT2D eigenvalue weighted by Crippen LogP contribution is 2.29. The molecule has 1 heterocycles. The molecule has 0 amide bonds. The van der Waals surface area contributed by atoms with E-state index in [1.165, 1.54) is 38.5 Å². The fourth-order valence-corrected chi connectivity index (χ4v) is 3.01. The highest BCUT2D eigenvalue weighted by molar-refractivity contribution is 4.79. The lowest BCUT2D eigenvalue weighted by atomic mass is 9.79. The van der Waals surface area contributed by atoms with Gasteiger partial charge in [0.2, 0.25) is 0 Å². The molecule has 3 heteroatoms. The van der Waals surface area contributed by atoms with E-state index < -0.39 is 0 Å². The normalized spacial score (nSPS) is 36.2. The summed E-state index contributed by atoms with van der Waals surface area (Å²) in [6.45, 7) is 3.24. The molecule has 0 bridgehead atoms. The molecule has 1 saturated carbocycles. The monoisotopic (exact) mass is 227 g/mol. The zero-order chi connectivity index (χ0) is 11.2. The van der Waals surface area contributed by atoms with Crippen molar-refractivity contribution < 1.29 is 9.84 Å². The van der Waals surface area contributed by atoms with Crippen molar-refractivity contribution >= 4 is 0 Å². The minimum Gasteiger partial charge on any atom is -0.396 e. The third-order valence-corrected chi connectivity index (χ3v) is 4.13. The summed E-state index contributed by atoms with van der Waals surface area (Å²) in [5, 5.41) is 13.0. The van der Waals surface area contributed by atoms with Crippen molar-refractivity contribution in [2.24, 2.45) is 11.8 Å². The number of hydrogen-bond donors (Lipinski definition) is 2. The largest absolute Gasteiger partial charge is 0.396 e. The van der Waals surface area contributed by atoms with E-state index >= 15 is 0 Å². The van der Waals surface area contributed by atoms with Crippen molar-refractivity contribution in [3.05, 3.63) is 0 Å². The number of hydrogen-bond acceptors (Lipinski definition) is 3. The molecule has 16 heavy (non-hydrogen) atoms. The first-order valence-electron chi connectivity index (χ1n) is 6.82. The van der Waals surface area contributed by atoms with Gasteiger partial charge in [0.15, 0.2) is 0 Å². The van der Waals surface area contributed by atoms with Crippen LogP contribution in [0, 0.1) is 11.8 Å². The Morgan fingerprint density at radius 2 is 1.88 bits per heavy atom. The van der Waals surface area contributed by atoms with Gasteiger partial charge in [0.1, 0.15) is 0 Å². The van der Waals surface area contributed by atoms with Crippen LogP contribution in [0.3, 0.4) is 0 Å². The number of aliphatic hydroxyl groups is 1. The van der Waals surface area contributed by atoms with Crippen molar-refractivity contribution in [1.82, 2.24) is 5.32 Å². The molecule has 2 N–H and O–H groups in total. The summed E-state index contributed by atoms with van der Waals surface area (Å²) < 4.78 is 5.46. The van der Waals surface area contributed by atoms with Crippen LogP contribution in [0.2, 0.25) is 0 Å². The van der Waals surface area contributed by atoms with E-state index in [4.69, 9.17) is 4.74 Å². The average molecular weight is 227 g/mol. The van der Waals surface area contributed by atoms with Gasteiger partial charge in [-0.3, -0.25) is 0 Å². The van der Waals surface area contributed by atoms with E-state index in [0.29, 0.717) is 24.5 Å². The Hall–Kier alpha value is -0.120. The van der Waals surface area contributed by atoms with Crippen molar-refractivity contribution in [3.8, 4) is 0 Å². The third kappa shape index (κ3) is 3.44. The SMILES string of the molecule is OCC1CCCCC1CNC1CCCOC1. The fourth-order valence-electron chi connectivity index (χ4n) is 3.01. The maximum absolute atomic E-state index is 9.35. The summed E-state index contributed by atoms with van der Waals surface area (Å²) in [4.78, 5) is 0. The van der Waals surface area contributed by atoms with Gasteiger partial charge in [-0.1, -0.05) is 12.8 Å². The summed E-state index contributed by atoms with van der Waals surface area (Å²) in [6, 6.07) is 0.551. The third-order valence-electron chi connectivity index (χ3n) is 4.13. The van der Waals surface area contributed by atoms with Gasteiger partial charge < -0.3 is 15.2 Å². The molecule has 0 aromatic rings. The number of aliphatic hydroxyl groups excluding tert-OH is 1. The summed E-state index contributed by atoms with van der Waals surface area (Å²) in [6.07, 6.45) is 7.57. The molecule has 2 aliphatic rings. The van der Waals surface area contributed by atoms with Gasteiger partial charge in [0, 0.05) is 19.3 Å². The van der Waals surface area contributed by atoms with Crippen LogP contribution in [0.15, 0.2) is 0 Å². The van der Waals surface area contributed by atoms with Gasteiger partial charge >= 0.3 is 0 Å². The molecule has 1 aliphatic carbocycles. The molecule has 2 rings (SSSR count). The molecule has 0 aromatic heterocycles. The van der Waals surface area contributed by atoms with E-state index in [2.05, 4.69) is 5.32 Å². The Kier molecular flexibility index (Phi) is 5.07. The quantitative estimate of drug-likeness (QED) is 0.766. The van der Waals surface area contributed by atoms with Crippen molar-refractivity contribution in [1.29, 1.82) is 0 Å². The standard InChI is InChI=1S/C13H25NO2/c15-9-12-5-2-1-4-11(12)8-14-13-6-3-7-16-10-13/h11-15H,1-10H2. The summed E-state index contributed by atoms with van der Waals surface area (Å²) in [5.41, 5.74) is 0. The first-order valence-corrected chi connectivity index (χ1v) is 6.82. The molecule has 3 nitrogen and oxygen atoms in total. The van der Waals surface area contributed by atoms with Crippen LogP contribution >= 0.6 is 0 Å². The van der Waals surface area contributed by atoms with Crippen molar-refractivity contribution in [3.63, 3.8) is 0 Å². The topological polar surface area (TPSA) is 41.5 Å². The van der Waals surface area contributed by atoms with E-state index in [1.54, 1.807) is 0 Å². The molecule has 0 aromatic carbocycles. The Bertz CT molecular complexity index is 192. The predicted octanol–water partition coefficient (Wildman–Crippen LogP) is 1.55. The van der Waals surface area contributed by atoms with E-state index in [-0.39, 0.29) is 0 Å². The van der Waals surface area contributed by atoms with Crippen LogP contribution in [-0.2, 0) is 4.74 Å². The van der Waals surface area contributed by atoms with Gasteiger partial charge in [-0.2, -0.15) is 0 Å². The minimum absolute atomic E-state index is 0.369. The smallest absolute Gasteiger partial charge is 0.0619 e. The highest BCUT2D eigenvalue weighted by Gasteiger charge is 2.25. The number of rotatable bonds is 4. The van der Waals surface area contributed by atoms with Crippen molar-refractivity contribution in [2.45, 2.75) is 44.6 Å². The van der Waals surface area contributed by atoms with Crippen LogP contribution in [0.1, 0.15) is 38.5 Å². The second-order valence-corrected chi connectivity index (χ2v) is 5.31. The summed E-state index contributed by atoms with van der Waals surface area (Å²) in [5.74, 6) is 1.21. The molecule has 0 spiro atoms. The van der Waals surface area contributed by atoms with Crippen LogP contribution < -0.4 is 5.32 Å². The maximum Gasteiger partial charge on any atom is 0.0619 e. The molecule has 1 aliphatic heterocycles. The molecular formula is C13H25NO2. The first-order chi connectivity index (χ1) is 7.90. The number of ether oxygens (including phenoxy) is 1. The van der Waals surface area contributed by atoms with Gasteiger partial charge in [-0.15, -0.1) is 0 Å². The predicted molar refractivity (Wildman–Crippen MR) is 64.4 cm³/mol. The fraction of sp³-hybridized carbons (Fsp3) is 1.00. The number of nitrogens with one attached hydrogen (secondary N) is 1.